The van der Waals surface area contributed by atoms with Crippen molar-refractivity contribution >= 4 is 16.5 Å². The van der Waals surface area contributed by atoms with Crippen LogP contribution in [0.2, 0.25) is 0 Å². The molecule has 1 aromatic rings. The number of hydrogen-bond acceptors (Lipinski definition) is 5. The average Bonchev–Trinajstić information content (AvgIpc) is 2.95. The summed E-state index contributed by atoms with van der Waals surface area (Å²) in [7, 11) is 4.31. The number of nitrogens with zero attached hydrogens (tertiary/aromatic N) is 3. The molecule has 5 heteroatoms. The topological polar surface area (TPSA) is 45.4 Å². The van der Waals surface area contributed by atoms with Crippen LogP contribution in [0.5, 0.6) is 0 Å². The SMILES string of the molecule is CC(C)c1nc(N2CCC(N(C)C)C2)sc1CN. The maximum absolute atomic E-state index is 5.82. The lowest BCUT2D eigenvalue weighted by molar-refractivity contribution is 0.315. The van der Waals surface area contributed by atoms with E-state index in [9.17, 15) is 0 Å². The van der Waals surface area contributed by atoms with E-state index in [-0.39, 0.29) is 0 Å². The number of nitrogens with two attached hydrogens (primary N) is 1. The summed E-state index contributed by atoms with van der Waals surface area (Å²) in [6.45, 7) is 7.17. The molecule has 1 aliphatic heterocycles. The highest BCUT2D eigenvalue weighted by molar-refractivity contribution is 7.15. The van der Waals surface area contributed by atoms with Crippen LogP contribution in [0.1, 0.15) is 36.8 Å². The number of hydrogen-bond donors (Lipinski definition) is 1. The zero-order valence-corrected chi connectivity index (χ0v) is 12.6. The molecule has 0 bridgehead atoms. The van der Waals surface area contributed by atoms with Crippen molar-refractivity contribution in [3.05, 3.63) is 10.6 Å². The van der Waals surface area contributed by atoms with Gasteiger partial charge in [0.15, 0.2) is 5.13 Å². The largest absolute Gasteiger partial charge is 0.346 e. The second-order valence-corrected chi connectivity index (χ2v) is 6.58. The van der Waals surface area contributed by atoms with Gasteiger partial charge in [0, 0.05) is 30.6 Å². The predicted octanol–water partition coefficient (Wildman–Crippen LogP) is 1.87. The van der Waals surface area contributed by atoms with Crippen LogP contribution in [-0.4, -0.2) is 43.1 Å². The van der Waals surface area contributed by atoms with Crippen molar-refractivity contribution in [2.24, 2.45) is 5.73 Å². The minimum Gasteiger partial charge on any atom is -0.346 e. The van der Waals surface area contributed by atoms with E-state index in [0.29, 0.717) is 18.5 Å². The molecule has 0 aliphatic carbocycles. The zero-order chi connectivity index (χ0) is 13.3. The molecule has 1 aliphatic rings. The lowest BCUT2D eigenvalue weighted by Gasteiger charge is -2.19. The Labute approximate surface area is 114 Å². The third-order valence-corrected chi connectivity index (χ3v) is 4.77. The van der Waals surface area contributed by atoms with Crippen molar-refractivity contribution in [2.45, 2.75) is 38.8 Å². The maximum atomic E-state index is 5.82. The first-order valence-electron chi connectivity index (χ1n) is 6.64. The molecule has 2 N–H and O–H groups in total. The Hall–Kier alpha value is -0.650. The highest BCUT2D eigenvalue weighted by Gasteiger charge is 2.27. The van der Waals surface area contributed by atoms with E-state index in [1.54, 1.807) is 11.3 Å². The van der Waals surface area contributed by atoms with Crippen LogP contribution < -0.4 is 10.6 Å². The molecule has 0 saturated carbocycles. The summed E-state index contributed by atoms with van der Waals surface area (Å²) in [6, 6.07) is 0.651. The second-order valence-electron chi connectivity index (χ2n) is 5.52. The molecule has 0 aromatic carbocycles. The summed E-state index contributed by atoms with van der Waals surface area (Å²) in [5.41, 5.74) is 7.01. The quantitative estimate of drug-likeness (QED) is 0.905. The van der Waals surface area contributed by atoms with E-state index in [1.807, 2.05) is 0 Å². The average molecular weight is 268 g/mol. The van der Waals surface area contributed by atoms with Crippen molar-refractivity contribution in [1.29, 1.82) is 0 Å². The zero-order valence-electron chi connectivity index (χ0n) is 11.8. The third-order valence-electron chi connectivity index (χ3n) is 3.61. The molecule has 0 spiro atoms. The van der Waals surface area contributed by atoms with Crippen LogP contribution in [-0.2, 0) is 6.54 Å². The lowest BCUT2D eigenvalue weighted by atomic mass is 10.1. The van der Waals surface area contributed by atoms with Gasteiger partial charge in [-0.2, -0.15) is 0 Å². The molecular weight excluding hydrogens is 244 g/mol. The van der Waals surface area contributed by atoms with Gasteiger partial charge in [0.2, 0.25) is 0 Å². The first-order valence-corrected chi connectivity index (χ1v) is 7.45. The van der Waals surface area contributed by atoms with Gasteiger partial charge >= 0.3 is 0 Å². The predicted molar refractivity (Wildman–Crippen MR) is 78.4 cm³/mol. The Morgan fingerprint density at radius 1 is 1.50 bits per heavy atom. The third kappa shape index (κ3) is 2.68. The van der Waals surface area contributed by atoms with Gasteiger partial charge in [-0.05, 0) is 26.4 Å². The Kier molecular flexibility index (Phi) is 4.25. The molecule has 102 valence electrons. The summed E-state index contributed by atoms with van der Waals surface area (Å²) < 4.78 is 0. The van der Waals surface area contributed by atoms with Gasteiger partial charge in [-0.1, -0.05) is 13.8 Å². The van der Waals surface area contributed by atoms with E-state index in [1.165, 1.54) is 17.0 Å². The summed E-state index contributed by atoms with van der Waals surface area (Å²) in [5, 5.41) is 1.16. The number of thiazole rings is 1. The molecule has 0 amide bonds. The van der Waals surface area contributed by atoms with Gasteiger partial charge in [0.1, 0.15) is 0 Å². The molecule has 2 heterocycles. The molecule has 1 unspecified atom stereocenters. The van der Waals surface area contributed by atoms with Gasteiger partial charge in [-0.3, -0.25) is 0 Å². The van der Waals surface area contributed by atoms with E-state index >= 15 is 0 Å². The van der Waals surface area contributed by atoms with Crippen LogP contribution in [0, 0.1) is 0 Å². The Balaban J connectivity index is 2.15. The fourth-order valence-corrected chi connectivity index (χ4v) is 3.55. The Morgan fingerprint density at radius 3 is 2.67 bits per heavy atom. The number of likely N-dealkylation sites (N-methyl/N-ethyl adjacent to an activating group) is 1. The summed E-state index contributed by atoms with van der Waals surface area (Å²) in [5.74, 6) is 0.459. The van der Waals surface area contributed by atoms with Crippen LogP contribution in [0.4, 0.5) is 5.13 Å². The molecule has 18 heavy (non-hydrogen) atoms. The second kappa shape index (κ2) is 5.55. The van der Waals surface area contributed by atoms with Crippen LogP contribution in [0.15, 0.2) is 0 Å². The van der Waals surface area contributed by atoms with Crippen LogP contribution in [0.3, 0.4) is 0 Å². The van der Waals surface area contributed by atoms with Crippen molar-refractivity contribution in [1.82, 2.24) is 9.88 Å². The maximum Gasteiger partial charge on any atom is 0.185 e. The lowest BCUT2D eigenvalue weighted by Crippen LogP contribution is -2.31. The molecule has 1 atom stereocenters. The van der Waals surface area contributed by atoms with E-state index < -0.39 is 0 Å². The molecule has 4 nitrogen and oxygen atoms in total. The van der Waals surface area contributed by atoms with E-state index in [2.05, 4.69) is 37.7 Å². The Morgan fingerprint density at radius 2 is 2.22 bits per heavy atom. The molecule has 1 fully saturated rings. The van der Waals surface area contributed by atoms with Crippen molar-refractivity contribution in [3.8, 4) is 0 Å². The van der Waals surface area contributed by atoms with Crippen molar-refractivity contribution in [2.75, 3.05) is 32.1 Å². The minimum absolute atomic E-state index is 0.459. The van der Waals surface area contributed by atoms with Crippen LogP contribution in [0.25, 0.3) is 0 Å². The first kappa shape index (κ1) is 13.8. The Bertz CT molecular complexity index is 400. The van der Waals surface area contributed by atoms with Crippen molar-refractivity contribution in [3.63, 3.8) is 0 Å². The van der Waals surface area contributed by atoms with Gasteiger partial charge in [-0.25, -0.2) is 4.98 Å². The van der Waals surface area contributed by atoms with Gasteiger partial charge in [-0.15, -0.1) is 11.3 Å². The van der Waals surface area contributed by atoms with Crippen molar-refractivity contribution < 1.29 is 0 Å². The fourth-order valence-electron chi connectivity index (χ4n) is 2.42. The highest BCUT2D eigenvalue weighted by atomic mass is 32.1. The van der Waals surface area contributed by atoms with Crippen LogP contribution >= 0.6 is 11.3 Å². The molecule has 1 aromatic heterocycles. The highest BCUT2D eigenvalue weighted by Crippen LogP contribution is 2.32. The molecule has 1 saturated heterocycles. The summed E-state index contributed by atoms with van der Waals surface area (Å²) >= 11 is 1.77. The molecule has 2 rings (SSSR count). The first-order chi connectivity index (χ1) is 8.52. The molecular formula is C13H24N4S. The van der Waals surface area contributed by atoms with Gasteiger partial charge in [0.05, 0.1) is 5.69 Å². The monoisotopic (exact) mass is 268 g/mol. The minimum atomic E-state index is 0.459. The van der Waals surface area contributed by atoms with Gasteiger partial charge in [0.25, 0.3) is 0 Å². The normalized spacial score (nSPS) is 20.4. The van der Waals surface area contributed by atoms with E-state index in [4.69, 9.17) is 10.7 Å². The fraction of sp³-hybridized carbons (Fsp3) is 0.769. The van der Waals surface area contributed by atoms with Gasteiger partial charge < -0.3 is 15.5 Å². The summed E-state index contributed by atoms with van der Waals surface area (Å²) in [6.07, 6.45) is 1.22. The van der Waals surface area contributed by atoms with E-state index in [0.717, 1.165) is 18.2 Å². The molecule has 0 radical (unpaired) electrons. The number of rotatable bonds is 4. The smallest absolute Gasteiger partial charge is 0.185 e. The standard InChI is InChI=1S/C13H24N4S/c1-9(2)12-11(7-14)18-13(15-12)17-6-5-10(8-17)16(3)4/h9-10H,5-8,14H2,1-4H3. The number of anilines is 1. The summed E-state index contributed by atoms with van der Waals surface area (Å²) in [4.78, 5) is 10.8. The number of aromatic nitrogens is 1.